The Balaban J connectivity index is 1.64. The van der Waals surface area contributed by atoms with Crippen LogP contribution in [0.4, 0.5) is 15.8 Å². The van der Waals surface area contributed by atoms with Gasteiger partial charge < -0.3 is 10.1 Å². The first-order valence-corrected chi connectivity index (χ1v) is 13.7. The monoisotopic (exact) mass is 551 g/mol. The summed E-state index contributed by atoms with van der Waals surface area (Å²) >= 11 is 1.27. The van der Waals surface area contributed by atoms with Crippen LogP contribution in [-0.4, -0.2) is 50.2 Å². The van der Waals surface area contributed by atoms with Gasteiger partial charge in [0.1, 0.15) is 11.6 Å². The van der Waals surface area contributed by atoms with Gasteiger partial charge in [-0.25, -0.2) is 26.8 Å². The third-order valence-corrected chi connectivity index (χ3v) is 8.26. The molecule has 194 valence electrons. The Morgan fingerprint density at radius 1 is 1.11 bits per heavy atom. The molecule has 0 spiro atoms. The molecule has 0 saturated heterocycles. The highest BCUT2D eigenvalue weighted by molar-refractivity contribution is 7.89. The van der Waals surface area contributed by atoms with Crippen LogP contribution in [0.2, 0.25) is 0 Å². The predicted octanol–water partition coefficient (Wildman–Crippen LogP) is 4.05. The van der Waals surface area contributed by atoms with Gasteiger partial charge >= 0.3 is 0 Å². The second kappa shape index (κ2) is 10.3. The van der Waals surface area contributed by atoms with E-state index in [9.17, 15) is 17.6 Å². The van der Waals surface area contributed by atoms with Crippen molar-refractivity contribution in [2.45, 2.75) is 4.90 Å². The number of anilines is 1. The van der Waals surface area contributed by atoms with Gasteiger partial charge in [0, 0.05) is 30.6 Å². The summed E-state index contributed by atoms with van der Waals surface area (Å²) in [5.41, 5.74) is 2.55. The van der Waals surface area contributed by atoms with Crippen LogP contribution in [-0.2, 0) is 14.8 Å². The highest BCUT2D eigenvalue weighted by atomic mass is 32.2. The third-order valence-electron chi connectivity index (χ3n) is 5.63. The van der Waals surface area contributed by atoms with Crippen LogP contribution >= 0.6 is 11.3 Å². The van der Waals surface area contributed by atoms with Crippen LogP contribution in [0.5, 0.6) is 5.75 Å². The lowest BCUT2D eigenvalue weighted by molar-refractivity contribution is -0.118. The van der Waals surface area contributed by atoms with Gasteiger partial charge in [0.15, 0.2) is 6.61 Å². The van der Waals surface area contributed by atoms with E-state index >= 15 is 0 Å². The fraction of sp³-hybridized carbons (Fsp3) is 0.115. The summed E-state index contributed by atoms with van der Waals surface area (Å²) in [6.45, 7) is -0.0522. The smallest absolute Gasteiger partial charge is 0.262 e. The lowest BCUT2D eigenvalue weighted by atomic mass is 10.1. The van der Waals surface area contributed by atoms with Crippen molar-refractivity contribution in [1.82, 2.24) is 8.98 Å². The molecule has 9 nitrogen and oxygen atoms in total. The molecule has 0 aliphatic carbocycles. The lowest BCUT2D eigenvalue weighted by Crippen LogP contribution is -2.25. The Hall–Kier alpha value is -4.13. The zero-order valence-electron chi connectivity index (χ0n) is 20.3. The summed E-state index contributed by atoms with van der Waals surface area (Å²) in [6.07, 6.45) is 1.39. The first-order chi connectivity index (χ1) is 18.2. The minimum absolute atomic E-state index is 0.0522. The average molecular weight is 552 g/mol. The number of fused-ring (bicyclic) bond motifs is 1. The fourth-order valence-corrected chi connectivity index (χ4v) is 5.46. The van der Waals surface area contributed by atoms with Crippen molar-refractivity contribution in [3.8, 4) is 17.0 Å². The molecule has 0 fully saturated rings. The molecular weight excluding hydrogens is 529 g/mol. The number of carbonyl (C=O) groups is 1. The molecule has 0 atom stereocenters. The number of sulfonamides is 1. The largest absolute Gasteiger partial charge is 0.482 e. The molecule has 0 unspecified atom stereocenters. The Labute approximate surface area is 222 Å². The van der Waals surface area contributed by atoms with Gasteiger partial charge in [0.2, 0.25) is 14.8 Å². The van der Waals surface area contributed by atoms with Gasteiger partial charge in [-0.2, -0.15) is 5.10 Å². The Morgan fingerprint density at radius 3 is 2.71 bits per heavy atom. The van der Waals surface area contributed by atoms with Gasteiger partial charge in [-0.05, 0) is 42.5 Å². The van der Waals surface area contributed by atoms with Crippen molar-refractivity contribution in [3.63, 3.8) is 0 Å². The van der Waals surface area contributed by atoms with Crippen molar-refractivity contribution in [3.05, 3.63) is 88.3 Å². The highest BCUT2D eigenvalue weighted by Gasteiger charge is 2.19. The molecule has 5 rings (SSSR count). The number of halogens is 1. The van der Waals surface area contributed by atoms with Gasteiger partial charge in [-0.15, -0.1) is 11.3 Å². The maximum atomic E-state index is 14.3. The maximum absolute atomic E-state index is 14.3. The van der Waals surface area contributed by atoms with Crippen molar-refractivity contribution in [2.75, 3.05) is 26.0 Å². The molecule has 12 heteroatoms. The van der Waals surface area contributed by atoms with E-state index in [1.165, 1.54) is 54.5 Å². The number of aromatic nitrogens is 1. The van der Waals surface area contributed by atoms with E-state index in [0.29, 0.717) is 33.2 Å². The Morgan fingerprint density at radius 2 is 1.92 bits per heavy atom. The number of hydrogen-bond acceptors (Lipinski definition) is 7. The fourth-order valence-electron chi connectivity index (χ4n) is 3.66. The molecule has 0 saturated carbocycles. The number of rotatable bonds is 6. The molecular formula is C26H22FN5O4S2. The summed E-state index contributed by atoms with van der Waals surface area (Å²) in [5.74, 6) is -0.134. The van der Waals surface area contributed by atoms with Crippen molar-refractivity contribution >= 4 is 44.9 Å². The summed E-state index contributed by atoms with van der Waals surface area (Å²) in [4.78, 5) is 17.0. The Bertz CT molecular complexity index is 1740. The van der Waals surface area contributed by atoms with Crippen LogP contribution in [0.15, 0.2) is 87.1 Å². The summed E-state index contributed by atoms with van der Waals surface area (Å²) in [6, 6.07) is 17.9. The first kappa shape index (κ1) is 25.5. The van der Waals surface area contributed by atoms with Crippen molar-refractivity contribution in [2.24, 2.45) is 10.1 Å². The van der Waals surface area contributed by atoms with Crippen molar-refractivity contribution < 1.29 is 22.3 Å². The highest BCUT2D eigenvalue weighted by Crippen LogP contribution is 2.33. The number of nitrogens with zero attached hydrogens (tertiary/aromatic N) is 4. The van der Waals surface area contributed by atoms with Gasteiger partial charge in [0.25, 0.3) is 5.91 Å². The van der Waals surface area contributed by atoms with E-state index < -0.39 is 15.8 Å². The van der Waals surface area contributed by atoms with Crippen LogP contribution in [0.1, 0.15) is 5.56 Å². The SMILES string of the molecule is CN(C)S(=O)(=O)c1cccc(N=c2scc(-c3ccc4c(c3)NC(=O)CO4)n2/N=C\c2ccccc2F)c1. The van der Waals surface area contributed by atoms with E-state index in [4.69, 9.17) is 4.74 Å². The maximum Gasteiger partial charge on any atom is 0.262 e. The van der Waals surface area contributed by atoms with E-state index in [1.54, 1.807) is 42.5 Å². The third kappa shape index (κ3) is 5.14. The van der Waals surface area contributed by atoms with Gasteiger partial charge in [-0.1, -0.05) is 24.3 Å². The minimum atomic E-state index is -3.65. The van der Waals surface area contributed by atoms with E-state index in [0.717, 1.165) is 4.31 Å². The van der Waals surface area contributed by atoms with Crippen LogP contribution in [0.25, 0.3) is 11.3 Å². The molecule has 4 aromatic rings. The summed E-state index contributed by atoms with van der Waals surface area (Å²) < 4.78 is 47.6. The molecule has 2 heterocycles. The molecule has 0 bridgehead atoms. The normalized spacial score (nSPS) is 14.0. The summed E-state index contributed by atoms with van der Waals surface area (Å²) in [5, 5.41) is 9.13. The number of benzene rings is 3. The summed E-state index contributed by atoms with van der Waals surface area (Å²) in [7, 11) is -0.731. The quantitative estimate of drug-likeness (QED) is 0.365. The number of hydrogen-bond donors (Lipinski definition) is 1. The van der Waals surface area contributed by atoms with Gasteiger partial charge in [-0.3, -0.25) is 4.79 Å². The van der Waals surface area contributed by atoms with Crippen molar-refractivity contribution in [1.29, 1.82) is 0 Å². The number of nitrogens with one attached hydrogen (secondary N) is 1. The minimum Gasteiger partial charge on any atom is -0.482 e. The van der Waals surface area contributed by atoms with E-state index in [-0.39, 0.29) is 23.0 Å². The predicted molar refractivity (Wildman–Crippen MR) is 144 cm³/mol. The number of ether oxygens (including phenoxy) is 1. The molecule has 1 aromatic heterocycles. The van der Waals surface area contributed by atoms with Crippen LogP contribution < -0.4 is 14.9 Å². The van der Waals surface area contributed by atoms with E-state index in [2.05, 4.69) is 15.4 Å². The number of amides is 1. The second-order valence-electron chi connectivity index (χ2n) is 8.43. The number of thiazole rings is 1. The second-order valence-corrected chi connectivity index (χ2v) is 11.4. The van der Waals surface area contributed by atoms with Crippen LogP contribution in [0.3, 0.4) is 0 Å². The van der Waals surface area contributed by atoms with Crippen LogP contribution in [0, 0.1) is 5.82 Å². The average Bonchev–Trinajstić information content (AvgIpc) is 3.30. The zero-order valence-corrected chi connectivity index (χ0v) is 22.0. The Kier molecular flexibility index (Phi) is 6.93. The molecule has 1 N–H and O–H groups in total. The zero-order chi connectivity index (χ0) is 26.9. The molecule has 1 aliphatic rings. The molecule has 1 amide bonds. The topological polar surface area (TPSA) is 105 Å². The number of carbonyl (C=O) groups excluding carboxylic acids is 1. The van der Waals surface area contributed by atoms with Gasteiger partial charge in [0.05, 0.1) is 28.2 Å². The molecule has 0 radical (unpaired) electrons. The molecule has 38 heavy (non-hydrogen) atoms. The molecule has 1 aliphatic heterocycles. The first-order valence-electron chi connectivity index (χ1n) is 11.4. The standard InChI is InChI=1S/C26H22FN5O4S2/c1-31(2)38(34,35)20-8-5-7-19(13-20)29-26-32(28-14-18-6-3-4-9-21(18)27)23(16-37-26)17-10-11-24-22(12-17)30-25(33)15-36-24/h3-14,16H,15H2,1-2H3,(H,30,33)/b28-14-,29-26?. The molecule has 3 aromatic carbocycles. The van der Waals surface area contributed by atoms with E-state index in [1.807, 2.05) is 11.4 Å². The lowest BCUT2D eigenvalue weighted by Gasteiger charge is -2.18.